The fourth-order valence-corrected chi connectivity index (χ4v) is 3.10. The molecule has 0 radical (unpaired) electrons. The first-order chi connectivity index (χ1) is 8.85. The zero-order valence-corrected chi connectivity index (χ0v) is 12.2. The van der Waals surface area contributed by atoms with Gasteiger partial charge in [-0.3, -0.25) is 10.2 Å². The number of carbonyl (C=O) groups is 1. The predicted octanol–water partition coefficient (Wildman–Crippen LogP) is 2.08. The van der Waals surface area contributed by atoms with Crippen molar-refractivity contribution >= 4 is 11.6 Å². The van der Waals surface area contributed by atoms with Crippen LogP contribution in [0.1, 0.15) is 44.2 Å². The Labute approximate surface area is 114 Å². The Kier molecular flexibility index (Phi) is 3.54. The van der Waals surface area contributed by atoms with Crippen LogP contribution in [0.5, 0.6) is 0 Å². The highest BCUT2D eigenvalue weighted by Gasteiger charge is 2.36. The number of anilines is 1. The molecule has 0 spiro atoms. The van der Waals surface area contributed by atoms with Crippen molar-refractivity contribution in [3.05, 3.63) is 29.3 Å². The summed E-state index contributed by atoms with van der Waals surface area (Å²) in [6.45, 7) is 9.00. The van der Waals surface area contributed by atoms with E-state index in [4.69, 9.17) is 5.84 Å². The largest absolute Gasteiger partial charge is 0.357 e. The lowest BCUT2D eigenvalue weighted by molar-refractivity contribution is -0.120. The standard InChI is InChI=1S/C15H23N3O/c1-10-5-6-13-12(7-10)11(2)8-15(3,4)18(13)9-14(19)17-16/h5-7,11H,8-9,16H2,1-4H3,(H,17,19). The molecule has 19 heavy (non-hydrogen) atoms. The van der Waals surface area contributed by atoms with Crippen LogP contribution in [0.2, 0.25) is 0 Å². The third-order valence-corrected chi connectivity index (χ3v) is 4.00. The third-order valence-electron chi connectivity index (χ3n) is 4.00. The molecule has 1 unspecified atom stereocenters. The van der Waals surface area contributed by atoms with Crippen LogP contribution >= 0.6 is 0 Å². The van der Waals surface area contributed by atoms with Crippen molar-refractivity contribution in [1.82, 2.24) is 5.43 Å². The molecule has 0 aromatic heterocycles. The van der Waals surface area contributed by atoms with E-state index in [9.17, 15) is 4.79 Å². The van der Waals surface area contributed by atoms with E-state index in [-0.39, 0.29) is 11.4 Å². The number of aryl methyl sites for hydroxylation is 1. The van der Waals surface area contributed by atoms with Gasteiger partial charge >= 0.3 is 0 Å². The van der Waals surface area contributed by atoms with E-state index in [0.29, 0.717) is 12.5 Å². The van der Waals surface area contributed by atoms with E-state index in [1.165, 1.54) is 11.1 Å². The maximum atomic E-state index is 11.6. The van der Waals surface area contributed by atoms with Crippen molar-refractivity contribution in [1.29, 1.82) is 0 Å². The summed E-state index contributed by atoms with van der Waals surface area (Å²) >= 11 is 0. The minimum atomic E-state index is -0.158. The number of fused-ring (bicyclic) bond motifs is 1. The fraction of sp³-hybridized carbons (Fsp3) is 0.533. The minimum absolute atomic E-state index is 0.0474. The third kappa shape index (κ3) is 2.59. The molecule has 1 heterocycles. The predicted molar refractivity (Wildman–Crippen MR) is 78.0 cm³/mol. The molecule has 1 aromatic carbocycles. The summed E-state index contributed by atoms with van der Waals surface area (Å²) < 4.78 is 0. The summed E-state index contributed by atoms with van der Waals surface area (Å²) in [6, 6.07) is 6.44. The first-order valence-corrected chi connectivity index (χ1v) is 6.73. The van der Waals surface area contributed by atoms with Crippen molar-refractivity contribution in [2.45, 2.75) is 45.6 Å². The van der Waals surface area contributed by atoms with Crippen LogP contribution in [-0.4, -0.2) is 18.0 Å². The Morgan fingerprint density at radius 1 is 1.53 bits per heavy atom. The molecular formula is C15H23N3O. The fourth-order valence-electron chi connectivity index (χ4n) is 3.10. The summed E-state index contributed by atoms with van der Waals surface area (Å²) in [5.74, 6) is 5.57. The second kappa shape index (κ2) is 4.85. The molecule has 0 bridgehead atoms. The van der Waals surface area contributed by atoms with Crippen molar-refractivity contribution in [3.63, 3.8) is 0 Å². The van der Waals surface area contributed by atoms with Gasteiger partial charge in [-0.2, -0.15) is 0 Å². The average molecular weight is 261 g/mol. The highest BCUT2D eigenvalue weighted by molar-refractivity contribution is 5.82. The molecule has 1 aliphatic rings. The number of hydrazine groups is 1. The van der Waals surface area contributed by atoms with Gasteiger partial charge in [-0.05, 0) is 44.7 Å². The average Bonchev–Trinajstić information content (AvgIpc) is 2.34. The zero-order valence-electron chi connectivity index (χ0n) is 12.2. The molecule has 4 nitrogen and oxygen atoms in total. The number of nitrogens with zero attached hydrogens (tertiary/aromatic N) is 1. The van der Waals surface area contributed by atoms with Gasteiger partial charge < -0.3 is 4.90 Å². The van der Waals surface area contributed by atoms with Crippen molar-refractivity contribution in [2.75, 3.05) is 11.4 Å². The van der Waals surface area contributed by atoms with Crippen LogP contribution in [-0.2, 0) is 4.79 Å². The maximum Gasteiger partial charge on any atom is 0.253 e. The molecule has 1 aromatic rings. The van der Waals surface area contributed by atoms with Gasteiger partial charge in [-0.1, -0.05) is 24.6 Å². The minimum Gasteiger partial charge on any atom is -0.357 e. The van der Waals surface area contributed by atoms with Crippen LogP contribution in [0.3, 0.4) is 0 Å². The smallest absolute Gasteiger partial charge is 0.253 e. The Bertz CT molecular complexity index is 496. The van der Waals surface area contributed by atoms with Crippen LogP contribution in [0.4, 0.5) is 5.69 Å². The van der Waals surface area contributed by atoms with Gasteiger partial charge in [0, 0.05) is 11.2 Å². The van der Waals surface area contributed by atoms with Gasteiger partial charge in [0.25, 0.3) is 5.91 Å². The molecule has 1 atom stereocenters. The summed E-state index contributed by atoms with van der Waals surface area (Å²) in [7, 11) is 0. The van der Waals surface area contributed by atoms with Gasteiger partial charge in [0.2, 0.25) is 0 Å². The van der Waals surface area contributed by atoms with Gasteiger partial charge in [0.1, 0.15) is 0 Å². The topological polar surface area (TPSA) is 58.4 Å². The van der Waals surface area contributed by atoms with Gasteiger partial charge in [-0.25, -0.2) is 5.84 Å². The first-order valence-electron chi connectivity index (χ1n) is 6.73. The van der Waals surface area contributed by atoms with Crippen molar-refractivity contribution in [2.24, 2.45) is 5.84 Å². The molecule has 0 saturated heterocycles. The van der Waals surface area contributed by atoms with E-state index >= 15 is 0 Å². The van der Waals surface area contributed by atoms with Crippen LogP contribution in [0.25, 0.3) is 0 Å². The Balaban J connectivity index is 2.45. The molecule has 1 aliphatic heterocycles. The summed E-state index contributed by atoms with van der Waals surface area (Å²) in [5, 5.41) is 0. The molecule has 3 N–H and O–H groups in total. The molecule has 2 rings (SSSR count). The molecule has 104 valence electrons. The van der Waals surface area contributed by atoms with E-state index in [0.717, 1.165) is 12.1 Å². The number of amides is 1. The van der Waals surface area contributed by atoms with Gasteiger partial charge in [0.15, 0.2) is 0 Å². The van der Waals surface area contributed by atoms with Gasteiger partial charge in [0.05, 0.1) is 6.54 Å². The van der Waals surface area contributed by atoms with Crippen LogP contribution in [0, 0.1) is 6.92 Å². The van der Waals surface area contributed by atoms with Crippen molar-refractivity contribution in [3.8, 4) is 0 Å². The lowest BCUT2D eigenvalue weighted by Gasteiger charge is -2.47. The summed E-state index contributed by atoms with van der Waals surface area (Å²) in [5.41, 5.74) is 5.91. The van der Waals surface area contributed by atoms with Crippen molar-refractivity contribution < 1.29 is 4.79 Å². The maximum absolute atomic E-state index is 11.6. The first kappa shape index (κ1) is 13.9. The number of nitrogens with one attached hydrogen (secondary N) is 1. The number of hydrogen-bond donors (Lipinski definition) is 2. The lowest BCUT2D eigenvalue weighted by Crippen LogP contribution is -2.53. The van der Waals surface area contributed by atoms with Crippen LogP contribution < -0.4 is 16.2 Å². The molecule has 4 heteroatoms. The van der Waals surface area contributed by atoms with E-state index < -0.39 is 0 Å². The molecule has 1 amide bonds. The number of rotatable bonds is 2. The van der Waals surface area contributed by atoms with Gasteiger partial charge in [-0.15, -0.1) is 0 Å². The SMILES string of the molecule is Cc1ccc2c(c1)C(C)CC(C)(C)N2CC(=O)NN. The molecule has 0 aliphatic carbocycles. The molecule has 0 fully saturated rings. The quantitative estimate of drug-likeness (QED) is 0.487. The Hall–Kier alpha value is -1.55. The highest BCUT2D eigenvalue weighted by atomic mass is 16.2. The molecule has 0 saturated carbocycles. The normalized spacial score (nSPS) is 20.9. The second-order valence-electron chi connectivity index (χ2n) is 6.13. The molecular weight excluding hydrogens is 238 g/mol. The summed E-state index contributed by atoms with van der Waals surface area (Å²) in [6.07, 6.45) is 1.03. The monoisotopic (exact) mass is 261 g/mol. The van der Waals surface area contributed by atoms with E-state index in [1.54, 1.807) is 0 Å². The number of benzene rings is 1. The van der Waals surface area contributed by atoms with E-state index in [1.807, 2.05) is 0 Å². The Morgan fingerprint density at radius 2 is 2.21 bits per heavy atom. The summed E-state index contributed by atoms with van der Waals surface area (Å²) in [4.78, 5) is 13.8. The second-order valence-corrected chi connectivity index (χ2v) is 6.13. The lowest BCUT2D eigenvalue weighted by atomic mass is 9.79. The number of nitrogens with two attached hydrogens (primary N) is 1. The number of carbonyl (C=O) groups excluding carboxylic acids is 1. The Morgan fingerprint density at radius 3 is 2.84 bits per heavy atom. The number of hydrogen-bond acceptors (Lipinski definition) is 3. The van der Waals surface area contributed by atoms with E-state index in [2.05, 4.69) is 56.2 Å². The highest BCUT2D eigenvalue weighted by Crippen LogP contribution is 2.43. The van der Waals surface area contributed by atoms with Crippen LogP contribution in [0.15, 0.2) is 18.2 Å². The zero-order chi connectivity index (χ0) is 14.2.